The van der Waals surface area contributed by atoms with Crippen LogP contribution in [0.15, 0.2) is 28.8 Å². The highest BCUT2D eigenvalue weighted by Crippen LogP contribution is 2.41. The lowest BCUT2D eigenvalue weighted by molar-refractivity contribution is 0.348. The highest BCUT2D eigenvalue weighted by molar-refractivity contribution is 5.25. The van der Waals surface area contributed by atoms with Crippen LogP contribution < -0.4 is 5.32 Å². The molecule has 2 aromatic rings. The summed E-state index contributed by atoms with van der Waals surface area (Å²) >= 11 is 0. The first kappa shape index (κ1) is 12.4. The summed E-state index contributed by atoms with van der Waals surface area (Å²) in [5.41, 5.74) is 2.65. The first-order chi connectivity index (χ1) is 9.22. The molecule has 0 saturated heterocycles. The number of aromatic nitrogens is 2. The zero-order valence-electron chi connectivity index (χ0n) is 11.4. The summed E-state index contributed by atoms with van der Waals surface area (Å²) < 4.78 is 5.15. The Hall–Kier alpha value is -1.68. The third-order valence-corrected chi connectivity index (χ3v) is 3.57. The molecule has 1 fully saturated rings. The molecule has 3 rings (SSSR count). The maximum absolute atomic E-state index is 5.15. The molecule has 4 nitrogen and oxygen atoms in total. The van der Waals surface area contributed by atoms with Crippen molar-refractivity contribution in [2.45, 2.75) is 39.3 Å². The molecule has 100 valence electrons. The van der Waals surface area contributed by atoms with Gasteiger partial charge in [0, 0.05) is 6.04 Å². The number of aryl methyl sites for hydroxylation is 2. The zero-order chi connectivity index (χ0) is 13.2. The minimum absolute atomic E-state index is 0.396. The van der Waals surface area contributed by atoms with Gasteiger partial charge < -0.3 is 9.84 Å². The molecule has 1 atom stereocenters. The summed E-state index contributed by atoms with van der Waals surface area (Å²) in [5.74, 6) is 2.09. The van der Waals surface area contributed by atoms with Crippen molar-refractivity contribution in [3.63, 3.8) is 0 Å². The molecule has 1 heterocycles. The summed E-state index contributed by atoms with van der Waals surface area (Å²) in [6.07, 6.45) is 2.60. The number of nitrogens with zero attached hydrogens (tertiary/aromatic N) is 2. The van der Waals surface area contributed by atoms with E-state index in [4.69, 9.17) is 4.52 Å². The highest BCUT2D eigenvalue weighted by Gasteiger charge is 2.32. The van der Waals surface area contributed by atoms with Crippen LogP contribution in [-0.2, 0) is 6.54 Å². The Labute approximate surface area is 113 Å². The second-order valence-corrected chi connectivity index (χ2v) is 5.34. The van der Waals surface area contributed by atoms with Crippen LogP contribution in [0, 0.1) is 19.8 Å². The molecule has 0 spiro atoms. The largest absolute Gasteiger partial charge is 0.338 e. The van der Waals surface area contributed by atoms with Crippen LogP contribution in [0.1, 0.15) is 41.7 Å². The fraction of sp³-hybridized carbons (Fsp3) is 0.467. The summed E-state index contributed by atoms with van der Waals surface area (Å²) in [7, 11) is 0. The van der Waals surface area contributed by atoms with Gasteiger partial charge in [0.2, 0.25) is 5.89 Å². The number of hydrogen-bond donors (Lipinski definition) is 1. The van der Waals surface area contributed by atoms with Gasteiger partial charge in [-0.15, -0.1) is 0 Å². The van der Waals surface area contributed by atoms with E-state index in [0.717, 1.165) is 5.92 Å². The van der Waals surface area contributed by atoms with Crippen LogP contribution >= 0.6 is 0 Å². The average Bonchev–Trinajstić information content (AvgIpc) is 3.15. The predicted octanol–water partition coefficient (Wildman–Crippen LogP) is 2.93. The Bertz CT molecular complexity index is 543. The normalized spacial score (nSPS) is 16.5. The van der Waals surface area contributed by atoms with Gasteiger partial charge in [-0.25, -0.2) is 0 Å². The molecule has 1 aliphatic carbocycles. The Kier molecular flexibility index (Phi) is 3.34. The average molecular weight is 257 g/mol. The molecule has 0 amide bonds. The van der Waals surface area contributed by atoms with E-state index in [1.54, 1.807) is 0 Å². The maximum Gasteiger partial charge on any atom is 0.240 e. The highest BCUT2D eigenvalue weighted by atomic mass is 16.5. The van der Waals surface area contributed by atoms with E-state index in [-0.39, 0.29) is 0 Å². The van der Waals surface area contributed by atoms with Crippen molar-refractivity contribution < 1.29 is 4.52 Å². The lowest BCUT2D eigenvalue weighted by atomic mass is 10.0. The quantitative estimate of drug-likeness (QED) is 0.894. The first-order valence-electron chi connectivity index (χ1n) is 6.81. The van der Waals surface area contributed by atoms with Crippen molar-refractivity contribution in [2.75, 3.05) is 0 Å². The molecule has 19 heavy (non-hydrogen) atoms. The van der Waals surface area contributed by atoms with E-state index in [0.29, 0.717) is 24.3 Å². The molecule has 0 aliphatic heterocycles. The molecule has 0 bridgehead atoms. The van der Waals surface area contributed by atoms with Gasteiger partial charge in [0.05, 0.1) is 6.54 Å². The van der Waals surface area contributed by atoms with Crippen LogP contribution in [0.25, 0.3) is 0 Å². The Morgan fingerprint density at radius 2 is 2.00 bits per heavy atom. The molecule has 1 unspecified atom stereocenters. The van der Waals surface area contributed by atoms with Gasteiger partial charge >= 0.3 is 0 Å². The second kappa shape index (κ2) is 5.13. The van der Waals surface area contributed by atoms with Crippen molar-refractivity contribution in [3.05, 3.63) is 47.1 Å². The van der Waals surface area contributed by atoms with E-state index in [9.17, 15) is 0 Å². The van der Waals surface area contributed by atoms with Crippen molar-refractivity contribution in [1.29, 1.82) is 0 Å². The summed E-state index contributed by atoms with van der Waals surface area (Å²) in [4.78, 5) is 4.23. The smallest absolute Gasteiger partial charge is 0.240 e. The minimum atomic E-state index is 0.396. The predicted molar refractivity (Wildman–Crippen MR) is 72.5 cm³/mol. The van der Waals surface area contributed by atoms with Crippen molar-refractivity contribution in [3.8, 4) is 0 Å². The van der Waals surface area contributed by atoms with Crippen LogP contribution in [0.3, 0.4) is 0 Å². The lowest BCUT2D eigenvalue weighted by Gasteiger charge is -2.17. The Balaban J connectivity index is 1.69. The number of rotatable bonds is 5. The van der Waals surface area contributed by atoms with E-state index < -0.39 is 0 Å². The third kappa shape index (κ3) is 3.01. The lowest BCUT2D eigenvalue weighted by Crippen LogP contribution is -2.22. The molecular weight excluding hydrogens is 238 g/mol. The monoisotopic (exact) mass is 257 g/mol. The molecular formula is C15H19N3O. The number of nitrogens with one attached hydrogen (secondary N) is 1. The van der Waals surface area contributed by atoms with Crippen LogP contribution in [0.5, 0.6) is 0 Å². The minimum Gasteiger partial charge on any atom is -0.338 e. The van der Waals surface area contributed by atoms with E-state index in [2.05, 4.69) is 46.6 Å². The van der Waals surface area contributed by atoms with E-state index >= 15 is 0 Å². The van der Waals surface area contributed by atoms with Gasteiger partial charge in [-0.05, 0) is 38.2 Å². The summed E-state index contributed by atoms with van der Waals surface area (Å²) in [6.45, 7) is 4.59. The first-order valence-corrected chi connectivity index (χ1v) is 6.81. The molecule has 1 aliphatic rings. The topological polar surface area (TPSA) is 51.0 Å². The summed E-state index contributed by atoms with van der Waals surface area (Å²) in [6, 6.07) is 9.16. The van der Waals surface area contributed by atoms with Crippen LogP contribution in [0.4, 0.5) is 0 Å². The van der Waals surface area contributed by atoms with Crippen LogP contribution in [0.2, 0.25) is 0 Å². The van der Waals surface area contributed by atoms with E-state index in [1.165, 1.54) is 24.0 Å². The molecule has 1 saturated carbocycles. The van der Waals surface area contributed by atoms with Gasteiger partial charge in [0.25, 0.3) is 0 Å². The molecule has 4 heteroatoms. The van der Waals surface area contributed by atoms with Gasteiger partial charge in [-0.2, -0.15) is 4.98 Å². The Morgan fingerprint density at radius 1 is 1.26 bits per heavy atom. The Morgan fingerprint density at radius 3 is 2.58 bits per heavy atom. The molecule has 1 N–H and O–H groups in total. The fourth-order valence-electron chi connectivity index (χ4n) is 2.37. The molecule has 1 aromatic heterocycles. The maximum atomic E-state index is 5.15. The number of hydrogen-bond acceptors (Lipinski definition) is 4. The second-order valence-electron chi connectivity index (χ2n) is 5.34. The van der Waals surface area contributed by atoms with Gasteiger partial charge in [-0.1, -0.05) is 35.0 Å². The van der Waals surface area contributed by atoms with Gasteiger partial charge in [-0.3, -0.25) is 0 Å². The fourth-order valence-corrected chi connectivity index (χ4v) is 2.37. The van der Waals surface area contributed by atoms with Crippen molar-refractivity contribution in [1.82, 2.24) is 15.5 Å². The van der Waals surface area contributed by atoms with Gasteiger partial charge in [0.1, 0.15) is 0 Å². The van der Waals surface area contributed by atoms with Crippen molar-refractivity contribution >= 4 is 0 Å². The van der Waals surface area contributed by atoms with Gasteiger partial charge in [0.15, 0.2) is 5.82 Å². The SMILES string of the molecule is Cc1ccc(C(NCc2nc(C)no2)C2CC2)cc1. The molecule has 1 aromatic carbocycles. The third-order valence-electron chi connectivity index (χ3n) is 3.57. The van der Waals surface area contributed by atoms with Crippen LogP contribution in [-0.4, -0.2) is 10.1 Å². The molecule has 0 radical (unpaired) electrons. The van der Waals surface area contributed by atoms with Crippen molar-refractivity contribution in [2.24, 2.45) is 5.92 Å². The van der Waals surface area contributed by atoms with E-state index in [1.807, 2.05) is 6.92 Å². The zero-order valence-corrected chi connectivity index (χ0v) is 11.4. The number of benzene rings is 1. The standard InChI is InChI=1S/C15H19N3O/c1-10-3-5-12(6-4-10)15(13-7-8-13)16-9-14-17-11(2)18-19-14/h3-6,13,15-16H,7-9H2,1-2H3. The summed E-state index contributed by atoms with van der Waals surface area (Å²) in [5, 5.41) is 7.36.